The van der Waals surface area contributed by atoms with Crippen molar-refractivity contribution < 1.29 is 31.5 Å². The van der Waals surface area contributed by atoms with Crippen LogP contribution in [0, 0.1) is 5.41 Å². The number of nitrogens with zero attached hydrogens (tertiary/aromatic N) is 4. The maximum absolute atomic E-state index is 13.8. The van der Waals surface area contributed by atoms with Gasteiger partial charge in [0.15, 0.2) is 0 Å². The number of rotatable bonds is 4. The molecule has 1 amide bonds. The van der Waals surface area contributed by atoms with E-state index in [1.807, 2.05) is 4.90 Å². The SMILES string of the molecule is CC(C)(C)OC(=O)N(c1cc(N2CC3(COC3)C2)nc(S(C)(=O)=O)n1)C1CCC(F)(F)CC1. The first-order chi connectivity index (χ1) is 15.2. The van der Waals surface area contributed by atoms with Gasteiger partial charge in [-0.05, 0) is 33.6 Å². The van der Waals surface area contributed by atoms with Gasteiger partial charge in [0.25, 0.3) is 5.16 Å². The number of ether oxygens (including phenoxy) is 2. The van der Waals surface area contributed by atoms with Gasteiger partial charge in [-0.2, -0.15) is 0 Å². The molecule has 3 aliphatic rings. The van der Waals surface area contributed by atoms with E-state index in [1.54, 1.807) is 20.8 Å². The van der Waals surface area contributed by atoms with Crippen LogP contribution in [-0.4, -0.2) is 74.6 Å². The van der Waals surface area contributed by atoms with Crippen molar-refractivity contribution in [2.75, 3.05) is 42.4 Å². The number of amides is 1. The van der Waals surface area contributed by atoms with Gasteiger partial charge in [-0.15, -0.1) is 0 Å². The van der Waals surface area contributed by atoms with E-state index in [0.29, 0.717) is 32.1 Å². The highest BCUT2D eigenvalue weighted by Crippen LogP contribution is 2.41. The zero-order valence-corrected chi connectivity index (χ0v) is 20.1. The van der Waals surface area contributed by atoms with Crippen molar-refractivity contribution in [2.45, 2.75) is 69.2 Å². The molecule has 1 aromatic rings. The number of anilines is 2. The molecule has 0 bridgehead atoms. The Kier molecular flexibility index (Phi) is 5.83. The molecular weight excluding hydrogens is 458 g/mol. The largest absolute Gasteiger partial charge is 0.443 e. The number of carbonyl (C=O) groups excluding carboxylic acids is 1. The van der Waals surface area contributed by atoms with Crippen LogP contribution in [0.2, 0.25) is 0 Å². The fraction of sp³-hybridized carbons (Fsp3) is 0.762. The van der Waals surface area contributed by atoms with Crippen molar-refractivity contribution in [3.63, 3.8) is 0 Å². The van der Waals surface area contributed by atoms with Gasteiger partial charge in [-0.3, -0.25) is 4.90 Å². The smallest absolute Gasteiger partial charge is 0.416 e. The lowest BCUT2D eigenvalue weighted by Crippen LogP contribution is -2.66. The third-order valence-electron chi connectivity index (χ3n) is 6.09. The molecule has 12 heteroatoms. The fourth-order valence-electron chi connectivity index (χ4n) is 4.37. The third kappa shape index (κ3) is 5.21. The number of alkyl halides is 2. The minimum absolute atomic E-state index is 0.0377. The Balaban J connectivity index is 1.71. The van der Waals surface area contributed by atoms with Gasteiger partial charge >= 0.3 is 6.09 Å². The zero-order valence-electron chi connectivity index (χ0n) is 19.3. The fourth-order valence-corrected chi connectivity index (χ4v) is 4.89. The highest BCUT2D eigenvalue weighted by molar-refractivity contribution is 7.90. The van der Waals surface area contributed by atoms with E-state index < -0.39 is 38.7 Å². The molecule has 1 aromatic heterocycles. The van der Waals surface area contributed by atoms with E-state index in [9.17, 15) is 22.0 Å². The van der Waals surface area contributed by atoms with Crippen LogP contribution in [0.4, 0.5) is 25.2 Å². The Hall–Kier alpha value is -2.08. The first kappa shape index (κ1) is 24.1. The van der Waals surface area contributed by atoms with Crippen molar-refractivity contribution in [3.05, 3.63) is 6.07 Å². The predicted molar refractivity (Wildman–Crippen MR) is 117 cm³/mol. The molecule has 1 aliphatic carbocycles. The number of halogens is 2. The van der Waals surface area contributed by atoms with Crippen LogP contribution in [0.3, 0.4) is 0 Å². The van der Waals surface area contributed by atoms with Gasteiger partial charge in [0.1, 0.15) is 17.2 Å². The number of sulfone groups is 1. The summed E-state index contributed by atoms with van der Waals surface area (Å²) in [6.07, 6.45) is -0.417. The number of aromatic nitrogens is 2. The Labute approximate surface area is 192 Å². The van der Waals surface area contributed by atoms with Crippen molar-refractivity contribution >= 4 is 27.6 Å². The molecule has 3 heterocycles. The van der Waals surface area contributed by atoms with Crippen LogP contribution in [0.5, 0.6) is 0 Å². The second-order valence-electron chi connectivity index (χ2n) is 10.4. The monoisotopic (exact) mass is 488 g/mol. The summed E-state index contributed by atoms with van der Waals surface area (Å²) in [7, 11) is -3.80. The normalized spacial score (nSPS) is 22.4. The van der Waals surface area contributed by atoms with Crippen molar-refractivity contribution in [2.24, 2.45) is 5.41 Å². The maximum Gasteiger partial charge on any atom is 0.416 e. The molecule has 33 heavy (non-hydrogen) atoms. The molecule has 3 fully saturated rings. The summed E-state index contributed by atoms with van der Waals surface area (Å²) in [5.74, 6) is -2.38. The molecule has 184 valence electrons. The van der Waals surface area contributed by atoms with E-state index in [0.717, 1.165) is 6.26 Å². The molecule has 1 spiro atoms. The van der Waals surface area contributed by atoms with Gasteiger partial charge in [-0.25, -0.2) is 32.0 Å². The first-order valence-corrected chi connectivity index (χ1v) is 12.9. The summed E-state index contributed by atoms with van der Waals surface area (Å²) in [4.78, 5) is 24.7. The maximum atomic E-state index is 13.8. The highest BCUT2D eigenvalue weighted by atomic mass is 32.2. The van der Waals surface area contributed by atoms with Crippen LogP contribution in [-0.2, 0) is 19.3 Å². The first-order valence-electron chi connectivity index (χ1n) is 11.0. The minimum Gasteiger partial charge on any atom is -0.443 e. The summed E-state index contributed by atoms with van der Waals surface area (Å²) in [5, 5.41) is -0.421. The molecular formula is C21H30F2N4O5S. The summed E-state index contributed by atoms with van der Waals surface area (Å²) in [6, 6.07) is 0.940. The quantitative estimate of drug-likeness (QED) is 0.596. The van der Waals surface area contributed by atoms with E-state index in [4.69, 9.17) is 9.47 Å². The molecule has 9 nitrogen and oxygen atoms in total. The molecule has 1 saturated carbocycles. The van der Waals surface area contributed by atoms with Crippen molar-refractivity contribution in [1.82, 2.24) is 9.97 Å². The number of hydrogen-bond donors (Lipinski definition) is 0. The second-order valence-corrected chi connectivity index (χ2v) is 12.3. The average Bonchev–Trinajstić information content (AvgIpc) is 2.58. The van der Waals surface area contributed by atoms with Crippen LogP contribution in [0.25, 0.3) is 0 Å². The van der Waals surface area contributed by atoms with Gasteiger partial charge in [-0.1, -0.05) is 0 Å². The van der Waals surface area contributed by atoms with Crippen LogP contribution >= 0.6 is 0 Å². The molecule has 0 aromatic carbocycles. The zero-order chi connectivity index (χ0) is 24.2. The third-order valence-corrected chi connectivity index (χ3v) is 6.94. The number of hydrogen-bond acceptors (Lipinski definition) is 8. The lowest BCUT2D eigenvalue weighted by atomic mass is 9.78. The van der Waals surface area contributed by atoms with E-state index in [-0.39, 0.29) is 36.9 Å². The molecule has 2 aliphatic heterocycles. The van der Waals surface area contributed by atoms with Crippen LogP contribution in [0.1, 0.15) is 46.5 Å². The molecule has 0 N–H and O–H groups in total. The highest BCUT2D eigenvalue weighted by Gasteiger charge is 2.50. The molecule has 0 radical (unpaired) electrons. The summed E-state index contributed by atoms with van der Waals surface area (Å²) < 4.78 is 63.2. The predicted octanol–water partition coefficient (Wildman–Crippen LogP) is 3.04. The lowest BCUT2D eigenvalue weighted by molar-refractivity contribution is -0.127. The van der Waals surface area contributed by atoms with Crippen LogP contribution in [0.15, 0.2) is 11.2 Å². The molecule has 2 saturated heterocycles. The van der Waals surface area contributed by atoms with E-state index in [2.05, 4.69) is 9.97 Å². The van der Waals surface area contributed by atoms with Crippen molar-refractivity contribution in [1.29, 1.82) is 0 Å². The van der Waals surface area contributed by atoms with Gasteiger partial charge < -0.3 is 14.4 Å². The minimum atomic E-state index is -3.80. The number of carbonyl (C=O) groups is 1. The van der Waals surface area contributed by atoms with Gasteiger partial charge in [0.05, 0.1) is 18.6 Å². The van der Waals surface area contributed by atoms with E-state index in [1.165, 1.54) is 11.0 Å². The summed E-state index contributed by atoms with van der Waals surface area (Å²) >= 11 is 0. The Morgan fingerprint density at radius 1 is 1.21 bits per heavy atom. The Morgan fingerprint density at radius 3 is 2.30 bits per heavy atom. The molecule has 0 unspecified atom stereocenters. The second kappa shape index (κ2) is 8.00. The van der Waals surface area contributed by atoms with E-state index >= 15 is 0 Å². The topological polar surface area (TPSA) is 102 Å². The van der Waals surface area contributed by atoms with Crippen molar-refractivity contribution in [3.8, 4) is 0 Å². The summed E-state index contributed by atoms with van der Waals surface area (Å²) in [6.45, 7) is 7.67. The lowest BCUT2D eigenvalue weighted by Gasteiger charge is -2.55. The Bertz CT molecular complexity index is 1020. The van der Waals surface area contributed by atoms with Crippen LogP contribution < -0.4 is 9.80 Å². The van der Waals surface area contributed by atoms with Gasteiger partial charge in [0, 0.05) is 44.3 Å². The summed E-state index contributed by atoms with van der Waals surface area (Å²) in [5.41, 5.74) is -0.784. The molecule has 0 atom stereocenters. The standard InChI is InChI=1S/C21H30F2N4O5S/c1-19(2,3)32-18(28)27(14-5-7-21(22,23)8-6-14)16-9-15(24-17(25-16)33(4,29)30)26-10-20(11-26)12-31-13-20/h9,14H,5-8,10-13H2,1-4H3. The molecule has 4 rings (SSSR count). The average molecular weight is 489 g/mol. The Morgan fingerprint density at radius 2 is 1.82 bits per heavy atom. The van der Waals surface area contributed by atoms with Gasteiger partial charge in [0.2, 0.25) is 15.8 Å².